The van der Waals surface area contributed by atoms with Gasteiger partial charge in [-0.05, 0) is 94.5 Å². The van der Waals surface area contributed by atoms with Crippen molar-refractivity contribution in [3.8, 4) is 45.3 Å². The molecule has 69 heavy (non-hydrogen) atoms. The van der Waals surface area contributed by atoms with Crippen molar-refractivity contribution in [1.29, 1.82) is 0 Å². The SMILES string of the molecule is c1ccc(-c2nc(-c3ccccc3)nc(-c3ccc4c(c3)c3ccccc3c3c5c(ccc43)[Si](c3ccc4sc6ccccc6c4c3)(c3ccc4sc6ccccc6c4c3)c3ccccc3-5)n2)cc1. The fraction of sp³-hybridized carbons (Fsp3) is 0. The highest BCUT2D eigenvalue weighted by atomic mass is 32.1. The molecule has 320 valence electrons. The average molecular weight is 928 g/mol. The first-order valence-corrected chi connectivity index (χ1v) is 27.0. The van der Waals surface area contributed by atoms with Crippen LogP contribution in [0.25, 0.3) is 118 Å². The highest BCUT2D eigenvalue weighted by Gasteiger charge is 2.49. The van der Waals surface area contributed by atoms with Crippen molar-refractivity contribution >= 4 is 124 Å². The second-order valence-corrected chi connectivity index (χ2v) is 24.1. The molecule has 0 unspecified atom stereocenters. The topological polar surface area (TPSA) is 38.7 Å². The summed E-state index contributed by atoms with van der Waals surface area (Å²) in [6.45, 7) is 0. The molecule has 0 bridgehead atoms. The van der Waals surface area contributed by atoms with Crippen LogP contribution in [0.15, 0.2) is 224 Å². The van der Waals surface area contributed by atoms with Gasteiger partial charge in [0.05, 0.1) is 0 Å². The number of rotatable bonds is 5. The van der Waals surface area contributed by atoms with Crippen LogP contribution in [-0.4, -0.2) is 23.0 Å². The van der Waals surface area contributed by atoms with E-state index in [0.717, 1.165) is 16.7 Å². The lowest BCUT2D eigenvalue weighted by Gasteiger charge is -2.32. The van der Waals surface area contributed by atoms with Crippen molar-refractivity contribution in [2.45, 2.75) is 0 Å². The van der Waals surface area contributed by atoms with Gasteiger partial charge >= 0.3 is 0 Å². The lowest BCUT2D eigenvalue weighted by Crippen LogP contribution is -2.72. The zero-order valence-corrected chi connectivity index (χ0v) is 39.7. The van der Waals surface area contributed by atoms with Crippen molar-refractivity contribution in [2.75, 3.05) is 0 Å². The Hall–Kier alpha value is -8.13. The molecule has 0 aliphatic carbocycles. The van der Waals surface area contributed by atoms with Crippen molar-refractivity contribution < 1.29 is 0 Å². The fourth-order valence-corrected chi connectivity index (χ4v) is 18.9. The van der Waals surface area contributed by atoms with E-state index in [4.69, 9.17) is 15.0 Å². The quantitative estimate of drug-likeness (QED) is 0.128. The van der Waals surface area contributed by atoms with E-state index in [0.29, 0.717) is 17.5 Å². The number of hydrogen-bond acceptors (Lipinski definition) is 5. The highest BCUT2D eigenvalue weighted by molar-refractivity contribution is 7.27. The Balaban J connectivity index is 1.02. The molecule has 6 heteroatoms. The van der Waals surface area contributed by atoms with Crippen LogP contribution in [0.4, 0.5) is 0 Å². The predicted octanol–water partition coefficient (Wildman–Crippen LogP) is 14.4. The fourth-order valence-electron chi connectivity index (χ4n) is 11.6. The summed E-state index contributed by atoms with van der Waals surface area (Å²) in [5.74, 6) is 1.96. The van der Waals surface area contributed by atoms with Gasteiger partial charge in [-0.1, -0.05) is 194 Å². The molecule has 11 aromatic carbocycles. The Bertz CT molecular complexity index is 4250. The summed E-state index contributed by atoms with van der Waals surface area (Å²) in [5, 5.41) is 18.5. The van der Waals surface area contributed by atoms with Crippen LogP contribution in [0, 0.1) is 0 Å². The van der Waals surface area contributed by atoms with Gasteiger partial charge in [0.2, 0.25) is 0 Å². The summed E-state index contributed by atoms with van der Waals surface area (Å²) in [6, 6.07) is 83.3. The Morgan fingerprint density at radius 1 is 0.290 bits per heavy atom. The Labute approximate surface area is 406 Å². The normalized spacial score (nSPS) is 13.0. The van der Waals surface area contributed by atoms with Crippen LogP contribution in [0.2, 0.25) is 0 Å². The number of aromatic nitrogens is 3. The standard InChI is InChI=1S/C63H37N3S2Si/c1-3-15-38(16-4-1)61-64-62(39-17-5-2-6-18-39)66-63(65-61)40-27-30-44-48-31-34-58-60(59(48)47-22-8-7-19-43(47)50(44)35-40)49-23-11-14-26-57(49)69(58,41-28-32-55-51(36-41)45-20-9-12-24-53(45)67-55)42-29-33-56-52(37-42)46-21-10-13-25-54(46)68-56/h1-37H. The molecule has 1 aliphatic rings. The van der Waals surface area contributed by atoms with E-state index < -0.39 is 8.07 Å². The zero-order valence-electron chi connectivity index (χ0n) is 37.0. The molecule has 15 rings (SSSR count). The molecule has 3 nitrogen and oxygen atoms in total. The molecular weight excluding hydrogens is 891 g/mol. The van der Waals surface area contributed by atoms with Gasteiger partial charge in [0.25, 0.3) is 0 Å². The summed E-state index contributed by atoms with van der Waals surface area (Å²) in [7, 11) is -2.99. The number of benzene rings is 11. The number of thiophene rings is 2. The lowest BCUT2D eigenvalue weighted by molar-refractivity contribution is 1.07. The summed E-state index contributed by atoms with van der Waals surface area (Å²) < 4.78 is 5.31. The second-order valence-electron chi connectivity index (χ2n) is 18.2. The van der Waals surface area contributed by atoms with E-state index in [1.807, 2.05) is 59.1 Å². The van der Waals surface area contributed by atoms with Crippen LogP contribution in [-0.2, 0) is 0 Å². The highest BCUT2D eigenvalue weighted by Crippen LogP contribution is 2.44. The molecule has 14 aromatic rings. The van der Waals surface area contributed by atoms with Gasteiger partial charge in [0.1, 0.15) is 0 Å². The molecule has 0 atom stereocenters. The van der Waals surface area contributed by atoms with E-state index in [-0.39, 0.29) is 0 Å². The first kappa shape index (κ1) is 38.9. The minimum atomic E-state index is -2.99. The van der Waals surface area contributed by atoms with Crippen molar-refractivity contribution in [3.05, 3.63) is 224 Å². The molecule has 0 saturated carbocycles. The Kier molecular flexibility index (Phi) is 8.42. The van der Waals surface area contributed by atoms with Crippen LogP contribution in [0.3, 0.4) is 0 Å². The van der Waals surface area contributed by atoms with Gasteiger partial charge in [-0.2, -0.15) is 0 Å². The largest absolute Gasteiger partial charge is 0.208 e. The second kappa shape index (κ2) is 14.9. The summed E-state index contributed by atoms with van der Waals surface area (Å²) in [5.41, 5.74) is 5.56. The molecule has 3 aromatic heterocycles. The molecule has 0 N–H and O–H groups in total. The van der Waals surface area contributed by atoms with Gasteiger partial charge in [0, 0.05) is 57.0 Å². The van der Waals surface area contributed by atoms with Crippen molar-refractivity contribution in [2.24, 2.45) is 0 Å². The minimum Gasteiger partial charge on any atom is -0.208 e. The molecular formula is C63H37N3S2Si. The first-order valence-electron chi connectivity index (χ1n) is 23.4. The lowest BCUT2D eigenvalue weighted by atomic mass is 9.89. The summed E-state index contributed by atoms with van der Waals surface area (Å²) in [4.78, 5) is 15.3. The van der Waals surface area contributed by atoms with E-state index in [2.05, 4.69) is 188 Å². The molecule has 4 heterocycles. The monoisotopic (exact) mass is 927 g/mol. The van der Waals surface area contributed by atoms with Crippen LogP contribution in [0.5, 0.6) is 0 Å². The predicted molar refractivity (Wildman–Crippen MR) is 297 cm³/mol. The van der Waals surface area contributed by atoms with Gasteiger partial charge in [-0.25, -0.2) is 15.0 Å². The van der Waals surface area contributed by atoms with Crippen molar-refractivity contribution in [1.82, 2.24) is 15.0 Å². The van der Waals surface area contributed by atoms with E-state index in [1.165, 1.54) is 105 Å². The first-order chi connectivity index (χ1) is 34.2. The van der Waals surface area contributed by atoms with E-state index in [1.54, 1.807) is 0 Å². The summed E-state index contributed by atoms with van der Waals surface area (Å²) in [6.07, 6.45) is 0. The van der Waals surface area contributed by atoms with Gasteiger partial charge in [-0.15, -0.1) is 22.7 Å². The van der Waals surface area contributed by atoms with Gasteiger partial charge < -0.3 is 0 Å². The smallest absolute Gasteiger partial charge is 0.180 e. The molecule has 0 spiro atoms. The molecule has 0 saturated heterocycles. The van der Waals surface area contributed by atoms with E-state index >= 15 is 0 Å². The maximum Gasteiger partial charge on any atom is 0.180 e. The average Bonchev–Trinajstić information content (AvgIpc) is 4.09. The summed E-state index contributed by atoms with van der Waals surface area (Å²) >= 11 is 3.78. The molecule has 0 fully saturated rings. The van der Waals surface area contributed by atoms with Crippen LogP contribution >= 0.6 is 22.7 Å². The van der Waals surface area contributed by atoms with Crippen molar-refractivity contribution in [3.63, 3.8) is 0 Å². The van der Waals surface area contributed by atoms with E-state index in [9.17, 15) is 0 Å². The number of nitrogens with zero attached hydrogens (tertiary/aromatic N) is 3. The number of fused-ring (bicyclic) bond motifs is 16. The van der Waals surface area contributed by atoms with Crippen LogP contribution in [0.1, 0.15) is 0 Å². The third-order valence-corrected chi connectivity index (χ3v) is 21.7. The number of hydrogen-bond donors (Lipinski definition) is 0. The maximum atomic E-state index is 5.14. The maximum absolute atomic E-state index is 5.14. The third-order valence-electron chi connectivity index (χ3n) is 14.6. The third kappa shape index (κ3) is 5.68. The van der Waals surface area contributed by atoms with Gasteiger partial charge in [0.15, 0.2) is 25.5 Å². The minimum absolute atomic E-state index is 0.651. The zero-order chi connectivity index (χ0) is 45.2. The van der Waals surface area contributed by atoms with Crippen LogP contribution < -0.4 is 20.7 Å². The Morgan fingerprint density at radius 2 is 0.754 bits per heavy atom. The van der Waals surface area contributed by atoms with Gasteiger partial charge in [-0.3, -0.25) is 0 Å². The molecule has 0 radical (unpaired) electrons. The molecule has 0 amide bonds. The Morgan fingerprint density at radius 3 is 1.38 bits per heavy atom. The molecule has 1 aliphatic heterocycles.